The van der Waals surface area contributed by atoms with Crippen LogP contribution in [-0.2, 0) is 13.1 Å². The summed E-state index contributed by atoms with van der Waals surface area (Å²) >= 11 is 5.92. The van der Waals surface area contributed by atoms with Crippen molar-refractivity contribution >= 4 is 23.2 Å². The molecule has 128 valence electrons. The van der Waals surface area contributed by atoms with Crippen molar-refractivity contribution in [2.24, 2.45) is 0 Å². The average molecular weight is 353 g/mol. The fourth-order valence-corrected chi connectivity index (χ4v) is 2.66. The molecule has 0 saturated carbocycles. The molecule has 0 fully saturated rings. The summed E-state index contributed by atoms with van der Waals surface area (Å²) < 4.78 is 0. The third kappa shape index (κ3) is 4.94. The van der Waals surface area contributed by atoms with Gasteiger partial charge in [-0.2, -0.15) is 0 Å². The van der Waals surface area contributed by atoms with Crippen LogP contribution in [0.3, 0.4) is 0 Å². The van der Waals surface area contributed by atoms with Gasteiger partial charge in [0.15, 0.2) is 0 Å². The summed E-state index contributed by atoms with van der Waals surface area (Å²) in [4.78, 5) is 8.92. The van der Waals surface area contributed by atoms with Gasteiger partial charge in [-0.25, -0.2) is 9.97 Å². The third-order valence-electron chi connectivity index (χ3n) is 3.95. The maximum Gasteiger partial charge on any atom is 0.132 e. The Bertz CT molecular complexity index is 847. The summed E-state index contributed by atoms with van der Waals surface area (Å²) in [5.74, 6) is 2.34. The lowest BCUT2D eigenvalue weighted by Crippen LogP contribution is -2.07. The molecule has 1 aromatic heterocycles. The number of halogens is 1. The van der Waals surface area contributed by atoms with E-state index in [0.29, 0.717) is 6.54 Å². The van der Waals surface area contributed by atoms with Gasteiger partial charge in [0.2, 0.25) is 0 Å². The number of rotatable bonds is 6. The normalized spacial score (nSPS) is 10.5. The van der Waals surface area contributed by atoms with E-state index in [0.717, 1.165) is 34.6 Å². The van der Waals surface area contributed by atoms with E-state index in [1.165, 1.54) is 11.1 Å². The summed E-state index contributed by atoms with van der Waals surface area (Å²) in [5.41, 5.74) is 3.67. The fraction of sp³-hybridized carbons (Fsp3) is 0.200. The summed E-state index contributed by atoms with van der Waals surface area (Å²) in [6.07, 6.45) is 0. The van der Waals surface area contributed by atoms with E-state index in [-0.39, 0.29) is 0 Å². The third-order valence-corrected chi connectivity index (χ3v) is 4.20. The first-order chi connectivity index (χ1) is 12.1. The summed E-state index contributed by atoms with van der Waals surface area (Å²) in [7, 11) is 0. The monoisotopic (exact) mass is 352 g/mol. The molecule has 0 aliphatic carbocycles. The zero-order valence-electron chi connectivity index (χ0n) is 14.4. The molecule has 0 radical (unpaired) electrons. The van der Waals surface area contributed by atoms with Gasteiger partial charge in [-0.15, -0.1) is 0 Å². The second kappa shape index (κ2) is 7.99. The van der Waals surface area contributed by atoms with Gasteiger partial charge in [-0.1, -0.05) is 48.0 Å². The number of aryl methyl sites for hydroxylation is 2. The molecule has 4 nitrogen and oxygen atoms in total. The SMILES string of the molecule is Cc1nc(NCc2ccc(Cl)cc2)cc(NCc2ccccc2C)n1. The van der Waals surface area contributed by atoms with Gasteiger partial charge < -0.3 is 10.6 Å². The second-order valence-electron chi connectivity index (χ2n) is 5.95. The van der Waals surface area contributed by atoms with Gasteiger partial charge >= 0.3 is 0 Å². The van der Waals surface area contributed by atoms with Crippen LogP contribution >= 0.6 is 11.6 Å². The van der Waals surface area contributed by atoms with Crippen molar-refractivity contribution in [3.8, 4) is 0 Å². The molecule has 0 atom stereocenters. The molecular formula is C20H21ClN4. The molecule has 1 heterocycles. The van der Waals surface area contributed by atoms with Gasteiger partial charge in [0.25, 0.3) is 0 Å². The maximum absolute atomic E-state index is 5.92. The van der Waals surface area contributed by atoms with E-state index in [1.807, 2.05) is 49.4 Å². The van der Waals surface area contributed by atoms with Crippen LogP contribution in [0.5, 0.6) is 0 Å². The van der Waals surface area contributed by atoms with Crippen molar-refractivity contribution in [1.29, 1.82) is 0 Å². The smallest absolute Gasteiger partial charge is 0.132 e. The van der Waals surface area contributed by atoms with Crippen molar-refractivity contribution in [2.45, 2.75) is 26.9 Å². The lowest BCUT2D eigenvalue weighted by molar-refractivity contribution is 1.00. The van der Waals surface area contributed by atoms with E-state index < -0.39 is 0 Å². The van der Waals surface area contributed by atoms with E-state index in [2.05, 4.69) is 39.7 Å². The molecule has 3 rings (SSSR count). The van der Waals surface area contributed by atoms with Crippen molar-refractivity contribution in [2.75, 3.05) is 10.6 Å². The first-order valence-corrected chi connectivity index (χ1v) is 8.60. The highest BCUT2D eigenvalue weighted by Gasteiger charge is 2.03. The minimum atomic E-state index is 0.685. The van der Waals surface area contributed by atoms with Crippen LogP contribution < -0.4 is 10.6 Å². The highest BCUT2D eigenvalue weighted by atomic mass is 35.5. The first kappa shape index (κ1) is 17.2. The number of nitrogens with one attached hydrogen (secondary N) is 2. The quantitative estimate of drug-likeness (QED) is 0.657. The van der Waals surface area contributed by atoms with Crippen molar-refractivity contribution in [1.82, 2.24) is 9.97 Å². The van der Waals surface area contributed by atoms with Crippen LogP contribution in [0, 0.1) is 13.8 Å². The lowest BCUT2D eigenvalue weighted by Gasteiger charge is -2.11. The van der Waals surface area contributed by atoms with E-state index in [4.69, 9.17) is 11.6 Å². The van der Waals surface area contributed by atoms with Crippen molar-refractivity contribution in [3.05, 3.63) is 82.1 Å². The van der Waals surface area contributed by atoms with Crippen LogP contribution in [-0.4, -0.2) is 9.97 Å². The Morgan fingerprint density at radius 1 is 0.840 bits per heavy atom. The molecule has 3 aromatic rings. The maximum atomic E-state index is 5.92. The predicted molar refractivity (Wildman–Crippen MR) is 104 cm³/mol. The molecule has 2 aromatic carbocycles. The summed E-state index contributed by atoms with van der Waals surface area (Å²) in [6.45, 7) is 5.43. The van der Waals surface area contributed by atoms with Gasteiger partial charge in [-0.3, -0.25) is 0 Å². The van der Waals surface area contributed by atoms with Crippen LogP contribution in [0.4, 0.5) is 11.6 Å². The number of benzene rings is 2. The van der Waals surface area contributed by atoms with Crippen LogP contribution in [0.1, 0.15) is 22.5 Å². The van der Waals surface area contributed by atoms with Crippen LogP contribution in [0.2, 0.25) is 5.02 Å². The topological polar surface area (TPSA) is 49.8 Å². The van der Waals surface area contributed by atoms with Gasteiger partial charge in [-0.05, 0) is 42.7 Å². The molecule has 25 heavy (non-hydrogen) atoms. The summed E-state index contributed by atoms with van der Waals surface area (Å²) in [5, 5.41) is 7.46. The van der Waals surface area contributed by atoms with Gasteiger partial charge in [0, 0.05) is 24.2 Å². The van der Waals surface area contributed by atoms with Crippen molar-refractivity contribution < 1.29 is 0 Å². The van der Waals surface area contributed by atoms with Gasteiger partial charge in [0.05, 0.1) is 0 Å². The lowest BCUT2D eigenvalue weighted by atomic mass is 10.1. The second-order valence-corrected chi connectivity index (χ2v) is 6.38. The number of anilines is 2. The highest BCUT2D eigenvalue weighted by molar-refractivity contribution is 6.30. The molecule has 0 saturated heterocycles. The standard InChI is InChI=1S/C20H21ClN4/c1-14-5-3-4-6-17(14)13-23-20-11-19(24-15(2)25-20)22-12-16-7-9-18(21)10-8-16/h3-11H,12-13H2,1-2H3,(H2,22,23,24,25). The minimum Gasteiger partial charge on any atom is -0.366 e. The average Bonchev–Trinajstić information content (AvgIpc) is 2.60. The predicted octanol–water partition coefficient (Wildman–Crippen LogP) is 4.97. The molecule has 0 unspecified atom stereocenters. The van der Waals surface area contributed by atoms with Crippen LogP contribution in [0.15, 0.2) is 54.6 Å². The molecule has 0 aliphatic heterocycles. The molecule has 0 aliphatic rings. The van der Waals surface area contributed by atoms with Crippen molar-refractivity contribution in [3.63, 3.8) is 0 Å². The highest BCUT2D eigenvalue weighted by Crippen LogP contribution is 2.16. The number of hydrogen-bond acceptors (Lipinski definition) is 4. The van der Waals surface area contributed by atoms with Crippen LogP contribution in [0.25, 0.3) is 0 Å². The number of aromatic nitrogens is 2. The number of hydrogen-bond donors (Lipinski definition) is 2. The largest absolute Gasteiger partial charge is 0.366 e. The van der Waals surface area contributed by atoms with E-state index in [9.17, 15) is 0 Å². The molecule has 0 amide bonds. The zero-order chi connectivity index (χ0) is 17.6. The molecule has 0 spiro atoms. The Balaban J connectivity index is 1.65. The molecule has 2 N–H and O–H groups in total. The Morgan fingerprint density at radius 2 is 1.48 bits per heavy atom. The Morgan fingerprint density at radius 3 is 2.16 bits per heavy atom. The number of nitrogens with zero attached hydrogens (tertiary/aromatic N) is 2. The Hall–Kier alpha value is -2.59. The molecule has 5 heteroatoms. The fourth-order valence-electron chi connectivity index (χ4n) is 2.54. The van der Waals surface area contributed by atoms with Gasteiger partial charge in [0.1, 0.15) is 17.5 Å². The molecular weight excluding hydrogens is 332 g/mol. The zero-order valence-corrected chi connectivity index (χ0v) is 15.1. The Kier molecular flexibility index (Phi) is 5.51. The summed E-state index contributed by atoms with van der Waals surface area (Å²) in [6, 6.07) is 18.0. The minimum absolute atomic E-state index is 0.685. The Labute approximate surface area is 153 Å². The molecule has 0 bridgehead atoms. The van der Waals surface area contributed by atoms with E-state index in [1.54, 1.807) is 0 Å². The van der Waals surface area contributed by atoms with E-state index >= 15 is 0 Å². The first-order valence-electron chi connectivity index (χ1n) is 8.22.